The van der Waals surface area contributed by atoms with Gasteiger partial charge in [0.1, 0.15) is 11.3 Å². The highest BCUT2D eigenvalue weighted by atomic mass is 19.4. The van der Waals surface area contributed by atoms with E-state index in [1.807, 2.05) is 21.8 Å². The van der Waals surface area contributed by atoms with Crippen molar-refractivity contribution in [1.29, 1.82) is 0 Å². The van der Waals surface area contributed by atoms with Crippen molar-refractivity contribution in [3.05, 3.63) is 45.1 Å². The van der Waals surface area contributed by atoms with Crippen LogP contribution in [-0.2, 0) is 23.6 Å². The Hall–Kier alpha value is -3.03. The third-order valence-electron chi connectivity index (χ3n) is 6.83. The molecule has 4 rings (SSSR count). The zero-order valence-corrected chi connectivity index (χ0v) is 22.0. The molecule has 0 bridgehead atoms. The summed E-state index contributed by atoms with van der Waals surface area (Å²) in [6.07, 6.45) is -3.77. The van der Waals surface area contributed by atoms with Gasteiger partial charge >= 0.3 is 12.4 Å². The maximum absolute atomic E-state index is 13.0. The fraction of sp³-hybridized carbons (Fsp3) is 0.640. The molecule has 1 unspecified atom stereocenters. The first-order valence-electron chi connectivity index (χ1n) is 12.8. The number of nitrogens with zero attached hydrogens (tertiary/aromatic N) is 5. The summed E-state index contributed by atoms with van der Waals surface area (Å²) in [5, 5.41) is 5.78. The van der Waals surface area contributed by atoms with Gasteiger partial charge in [0.25, 0.3) is 5.56 Å². The van der Waals surface area contributed by atoms with Crippen molar-refractivity contribution in [2.45, 2.75) is 71.3 Å². The Labute approximate surface area is 221 Å². The highest BCUT2D eigenvalue weighted by Gasteiger charge is 2.44. The SMILES string of the molecule is CC(=O)C1CN(C2CCc3c2n[nH]c(=O)c3C(F)(F)F)C1.CCCCN(CCC)c1ncc(C(F)(F)F)cn1. The summed E-state index contributed by atoms with van der Waals surface area (Å²) in [6, 6.07) is -0.242. The van der Waals surface area contributed by atoms with E-state index in [0.717, 1.165) is 44.7 Å². The van der Waals surface area contributed by atoms with Crippen molar-refractivity contribution in [3.8, 4) is 0 Å². The molecule has 0 amide bonds. The number of fused-ring (bicyclic) bond motifs is 1. The lowest BCUT2D eigenvalue weighted by Crippen LogP contribution is -2.51. The van der Waals surface area contributed by atoms with Crippen molar-refractivity contribution >= 4 is 11.7 Å². The minimum atomic E-state index is -4.67. The zero-order chi connectivity index (χ0) is 29.0. The second-order valence-electron chi connectivity index (χ2n) is 9.72. The van der Waals surface area contributed by atoms with Crippen LogP contribution >= 0.6 is 0 Å². The van der Waals surface area contributed by atoms with Gasteiger partial charge in [-0.2, -0.15) is 31.4 Å². The highest BCUT2D eigenvalue weighted by Crippen LogP contribution is 2.41. The van der Waals surface area contributed by atoms with E-state index in [9.17, 15) is 35.9 Å². The van der Waals surface area contributed by atoms with Gasteiger partial charge in [0.05, 0.1) is 17.3 Å². The lowest BCUT2D eigenvalue weighted by molar-refractivity contribution is -0.139. The number of anilines is 1. The number of ketones is 1. The second kappa shape index (κ2) is 12.4. The molecule has 1 aliphatic carbocycles. The van der Waals surface area contributed by atoms with Gasteiger partial charge in [-0.3, -0.25) is 14.5 Å². The molecule has 3 heterocycles. The number of rotatable bonds is 8. The van der Waals surface area contributed by atoms with E-state index >= 15 is 0 Å². The maximum atomic E-state index is 13.0. The van der Waals surface area contributed by atoms with E-state index in [2.05, 4.69) is 22.0 Å². The summed E-state index contributed by atoms with van der Waals surface area (Å²) in [5.74, 6) is 0.423. The smallest absolute Gasteiger partial charge is 0.341 e. The van der Waals surface area contributed by atoms with Crippen molar-refractivity contribution in [1.82, 2.24) is 25.1 Å². The maximum Gasteiger partial charge on any atom is 0.422 e. The lowest BCUT2D eigenvalue weighted by atomic mass is 9.93. The fourth-order valence-corrected chi connectivity index (χ4v) is 4.69. The average Bonchev–Trinajstić information content (AvgIpc) is 3.23. The van der Waals surface area contributed by atoms with E-state index in [-0.39, 0.29) is 29.7 Å². The van der Waals surface area contributed by atoms with Crippen LogP contribution in [0.3, 0.4) is 0 Å². The van der Waals surface area contributed by atoms with Crippen LogP contribution in [0.4, 0.5) is 32.3 Å². The number of H-pyrrole nitrogens is 1. The molecule has 0 saturated carbocycles. The van der Waals surface area contributed by atoms with E-state index in [1.54, 1.807) is 0 Å². The molecular formula is C25H32F6N6O2. The molecule has 216 valence electrons. The monoisotopic (exact) mass is 562 g/mol. The molecule has 0 radical (unpaired) electrons. The number of Topliss-reactive ketones (excluding diaryl/α,β-unsaturated/α-hetero) is 1. The molecule has 39 heavy (non-hydrogen) atoms. The highest BCUT2D eigenvalue weighted by molar-refractivity contribution is 5.79. The molecule has 1 saturated heterocycles. The van der Waals surface area contributed by atoms with Crippen molar-refractivity contribution < 1.29 is 31.1 Å². The van der Waals surface area contributed by atoms with Crippen LogP contribution in [0, 0.1) is 5.92 Å². The average molecular weight is 563 g/mol. The second-order valence-corrected chi connectivity index (χ2v) is 9.72. The normalized spacial score (nSPS) is 17.7. The Morgan fingerprint density at radius 1 is 1.05 bits per heavy atom. The Balaban J connectivity index is 0.000000219. The number of carbonyl (C=O) groups excluding carboxylic acids is 1. The van der Waals surface area contributed by atoms with Gasteiger partial charge in [-0.05, 0) is 38.2 Å². The number of halogens is 6. The molecule has 2 aliphatic rings. The molecule has 2 aromatic rings. The predicted molar refractivity (Wildman–Crippen MR) is 131 cm³/mol. The molecule has 8 nitrogen and oxygen atoms in total. The van der Waals surface area contributed by atoms with E-state index < -0.39 is 29.0 Å². The minimum absolute atomic E-state index is 0.00234. The van der Waals surface area contributed by atoms with Gasteiger partial charge < -0.3 is 4.90 Å². The molecule has 0 aromatic carbocycles. The first-order chi connectivity index (χ1) is 18.3. The first kappa shape index (κ1) is 30.5. The Morgan fingerprint density at radius 3 is 2.21 bits per heavy atom. The summed E-state index contributed by atoms with van der Waals surface area (Å²) < 4.78 is 76.1. The lowest BCUT2D eigenvalue weighted by Gasteiger charge is -2.41. The third-order valence-corrected chi connectivity index (χ3v) is 6.83. The van der Waals surface area contributed by atoms with Gasteiger partial charge in [0, 0.05) is 44.5 Å². The van der Waals surface area contributed by atoms with Gasteiger partial charge in [-0.1, -0.05) is 20.3 Å². The van der Waals surface area contributed by atoms with E-state index in [0.29, 0.717) is 31.2 Å². The molecule has 1 aliphatic heterocycles. The predicted octanol–water partition coefficient (Wildman–Crippen LogP) is 4.81. The van der Waals surface area contributed by atoms with E-state index in [1.165, 1.54) is 6.92 Å². The number of aromatic amines is 1. The number of hydrogen-bond acceptors (Lipinski definition) is 7. The number of aromatic nitrogens is 4. The third kappa shape index (κ3) is 7.34. The summed E-state index contributed by atoms with van der Waals surface area (Å²) in [5.41, 5.74) is -2.82. The Bertz CT molecular complexity index is 1180. The number of alkyl halides is 6. The van der Waals surface area contributed by atoms with E-state index in [4.69, 9.17) is 0 Å². The number of unbranched alkanes of at least 4 members (excludes halogenated alkanes) is 1. The van der Waals surface area contributed by atoms with Crippen LogP contribution < -0.4 is 10.5 Å². The quantitative estimate of drug-likeness (QED) is 0.462. The van der Waals surface area contributed by atoms with Gasteiger partial charge in [0.15, 0.2) is 0 Å². The van der Waals surface area contributed by atoms with Gasteiger partial charge in [-0.15, -0.1) is 0 Å². The van der Waals surface area contributed by atoms with Crippen LogP contribution in [-0.4, -0.2) is 57.0 Å². The van der Waals surface area contributed by atoms with Gasteiger partial charge in [0.2, 0.25) is 5.95 Å². The van der Waals surface area contributed by atoms with Crippen LogP contribution in [0.2, 0.25) is 0 Å². The Morgan fingerprint density at radius 2 is 1.69 bits per heavy atom. The van der Waals surface area contributed by atoms with Crippen molar-refractivity contribution in [2.24, 2.45) is 5.92 Å². The molecule has 1 atom stereocenters. The fourth-order valence-electron chi connectivity index (χ4n) is 4.69. The number of nitrogens with one attached hydrogen (secondary N) is 1. The Kier molecular flexibility index (Phi) is 9.73. The molecule has 0 spiro atoms. The molecular weight excluding hydrogens is 530 g/mol. The number of carbonyl (C=O) groups is 1. The van der Waals surface area contributed by atoms with Crippen molar-refractivity contribution in [3.63, 3.8) is 0 Å². The zero-order valence-electron chi connectivity index (χ0n) is 22.0. The summed E-state index contributed by atoms with van der Waals surface area (Å²) >= 11 is 0. The number of likely N-dealkylation sites (tertiary alicyclic amines) is 1. The van der Waals surface area contributed by atoms with Crippen LogP contribution in [0.1, 0.15) is 74.9 Å². The molecule has 1 fully saturated rings. The van der Waals surface area contributed by atoms with Crippen LogP contribution in [0.15, 0.2) is 17.2 Å². The van der Waals surface area contributed by atoms with Gasteiger partial charge in [-0.25, -0.2) is 15.1 Å². The summed E-state index contributed by atoms with van der Waals surface area (Å²) in [6.45, 7) is 8.22. The largest absolute Gasteiger partial charge is 0.422 e. The van der Waals surface area contributed by atoms with Crippen LogP contribution in [0.25, 0.3) is 0 Å². The topological polar surface area (TPSA) is 95.1 Å². The molecule has 14 heteroatoms. The summed E-state index contributed by atoms with van der Waals surface area (Å²) in [4.78, 5) is 34.1. The standard InChI is InChI=1S/C13H14F3N3O2.C12H18F3N3/c1-6(20)7-4-19(5-7)9-3-2-8-10(13(14,15)16)12(21)18-17-11(8)9;1-3-5-7-18(6-4-2)11-16-8-10(9-17-11)12(13,14)15/h7,9H,2-5H2,1H3,(H,18,21);8-9H,3-7H2,1-2H3. The van der Waals surface area contributed by atoms with Crippen molar-refractivity contribution in [2.75, 3.05) is 31.1 Å². The first-order valence-corrected chi connectivity index (χ1v) is 12.8. The summed E-state index contributed by atoms with van der Waals surface area (Å²) in [7, 11) is 0. The number of hydrogen-bond donors (Lipinski definition) is 1. The molecule has 2 aromatic heterocycles. The van der Waals surface area contributed by atoms with Crippen LogP contribution in [0.5, 0.6) is 0 Å². The minimum Gasteiger partial charge on any atom is -0.341 e. The molecule has 1 N–H and O–H groups in total.